The Kier molecular flexibility index (Phi) is 4.16. The highest BCUT2D eigenvalue weighted by molar-refractivity contribution is 5.94. The summed E-state index contributed by atoms with van der Waals surface area (Å²) in [5.74, 6) is 0.659. The molecule has 0 aliphatic heterocycles. The highest BCUT2D eigenvalue weighted by Gasteiger charge is 2.15. The molecule has 0 atom stereocenters. The van der Waals surface area contributed by atoms with E-state index in [-0.39, 0.29) is 11.3 Å². The van der Waals surface area contributed by atoms with Crippen molar-refractivity contribution in [2.24, 2.45) is 0 Å². The fraction of sp³-hybridized carbons (Fsp3) is 0.412. The number of aryl methyl sites for hydroxylation is 2. The molecule has 0 fully saturated rings. The molecule has 2 rings (SSSR count). The van der Waals surface area contributed by atoms with Gasteiger partial charge >= 0.3 is 0 Å². The number of carbonyl (C=O) groups is 1. The van der Waals surface area contributed by atoms with Crippen molar-refractivity contribution >= 4 is 5.91 Å². The van der Waals surface area contributed by atoms with Gasteiger partial charge in [0.25, 0.3) is 5.91 Å². The maximum Gasteiger partial charge on any atom is 0.251 e. The first kappa shape index (κ1) is 15.3. The van der Waals surface area contributed by atoms with Gasteiger partial charge in [-0.3, -0.25) is 4.79 Å². The number of hydrogen-bond acceptors (Lipinski definition) is 3. The van der Waals surface area contributed by atoms with Crippen molar-refractivity contribution in [1.29, 1.82) is 0 Å². The fourth-order valence-electron chi connectivity index (χ4n) is 2.15. The quantitative estimate of drug-likeness (QED) is 0.939. The molecule has 1 aromatic heterocycles. The molecule has 0 saturated heterocycles. The Morgan fingerprint density at radius 2 is 1.81 bits per heavy atom. The standard InChI is InChI=1S/C17H22N2O2/c1-11-15(12(2)21-19-11)10-18-16(20)13-6-8-14(9-7-13)17(3,4)5/h6-9H,10H2,1-5H3,(H,18,20). The molecule has 1 aromatic carbocycles. The molecule has 1 heterocycles. The van der Waals surface area contributed by atoms with Crippen molar-refractivity contribution in [2.75, 3.05) is 0 Å². The van der Waals surface area contributed by atoms with Crippen molar-refractivity contribution in [3.05, 3.63) is 52.4 Å². The highest BCUT2D eigenvalue weighted by Crippen LogP contribution is 2.22. The first-order valence-corrected chi connectivity index (χ1v) is 7.09. The van der Waals surface area contributed by atoms with E-state index in [1.807, 2.05) is 38.1 Å². The molecule has 21 heavy (non-hydrogen) atoms. The zero-order chi connectivity index (χ0) is 15.6. The van der Waals surface area contributed by atoms with E-state index in [2.05, 4.69) is 31.2 Å². The number of carbonyl (C=O) groups excluding carboxylic acids is 1. The molecular weight excluding hydrogens is 264 g/mol. The molecule has 2 aromatic rings. The molecule has 1 N–H and O–H groups in total. The summed E-state index contributed by atoms with van der Waals surface area (Å²) in [7, 11) is 0. The summed E-state index contributed by atoms with van der Waals surface area (Å²) in [6.07, 6.45) is 0. The van der Waals surface area contributed by atoms with E-state index >= 15 is 0 Å². The van der Waals surface area contributed by atoms with E-state index < -0.39 is 0 Å². The van der Waals surface area contributed by atoms with Gasteiger partial charge in [0.2, 0.25) is 0 Å². The van der Waals surface area contributed by atoms with Gasteiger partial charge in [0.05, 0.1) is 5.69 Å². The average molecular weight is 286 g/mol. The topological polar surface area (TPSA) is 55.1 Å². The van der Waals surface area contributed by atoms with Crippen LogP contribution in [-0.2, 0) is 12.0 Å². The number of nitrogens with zero attached hydrogens (tertiary/aromatic N) is 1. The van der Waals surface area contributed by atoms with Crippen LogP contribution in [0.5, 0.6) is 0 Å². The van der Waals surface area contributed by atoms with Crippen molar-refractivity contribution in [2.45, 2.75) is 46.6 Å². The molecule has 1 amide bonds. The molecule has 0 aliphatic carbocycles. The number of benzene rings is 1. The molecule has 4 nitrogen and oxygen atoms in total. The van der Waals surface area contributed by atoms with Gasteiger partial charge in [0, 0.05) is 17.7 Å². The third kappa shape index (κ3) is 3.51. The van der Waals surface area contributed by atoms with Gasteiger partial charge in [0.15, 0.2) is 0 Å². The molecular formula is C17H22N2O2. The third-order valence-electron chi connectivity index (χ3n) is 3.62. The predicted octanol–water partition coefficient (Wildman–Crippen LogP) is 3.52. The smallest absolute Gasteiger partial charge is 0.251 e. The lowest BCUT2D eigenvalue weighted by atomic mass is 9.87. The zero-order valence-electron chi connectivity index (χ0n) is 13.3. The van der Waals surface area contributed by atoms with Crippen LogP contribution < -0.4 is 5.32 Å². The second-order valence-corrected chi connectivity index (χ2v) is 6.31. The van der Waals surface area contributed by atoms with Crippen molar-refractivity contribution in [3.63, 3.8) is 0 Å². The average Bonchev–Trinajstić information content (AvgIpc) is 2.75. The number of nitrogens with one attached hydrogen (secondary N) is 1. The van der Waals surface area contributed by atoms with Crippen LogP contribution in [0.1, 0.15) is 53.7 Å². The second-order valence-electron chi connectivity index (χ2n) is 6.31. The molecule has 0 aliphatic rings. The second kappa shape index (κ2) is 5.72. The fourth-order valence-corrected chi connectivity index (χ4v) is 2.15. The Morgan fingerprint density at radius 3 is 2.29 bits per heavy atom. The Hall–Kier alpha value is -2.10. The Morgan fingerprint density at radius 1 is 1.19 bits per heavy atom. The van der Waals surface area contributed by atoms with Gasteiger partial charge in [-0.05, 0) is 37.0 Å². The minimum Gasteiger partial charge on any atom is -0.361 e. The zero-order valence-corrected chi connectivity index (χ0v) is 13.3. The maximum atomic E-state index is 12.2. The Balaban J connectivity index is 2.04. The lowest BCUT2D eigenvalue weighted by Gasteiger charge is -2.19. The summed E-state index contributed by atoms with van der Waals surface area (Å²) >= 11 is 0. The number of aromatic nitrogens is 1. The lowest BCUT2D eigenvalue weighted by molar-refractivity contribution is 0.0950. The summed E-state index contributed by atoms with van der Waals surface area (Å²) < 4.78 is 5.09. The van der Waals surface area contributed by atoms with Crippen molar-refractivity contribution in [1.82, 2.24) is 10.5 Å². The highest BCUT2D eigenvalue weighted by atomic mass is 16.5. The predicted molar refractivity (Wildman–Crippen MR) is 82.3 cm³/mol. The largest absolute Gasteiger partial charge is 0.361 e. The van der Waals surface area contributed by atoms with Gasteiger partial charge in [-0.15, -0.1) is 0 Å². The minimum absolute atomic E-state index is 0.0875. The monoisotopic (exact) mass is 286 g/mol. The Bertz CT molecular complexity index is 614. The lowest BCUT2D eigenvalue weighted by Crippen LogP contribution is -2.23. The van der Waals surface area contributed by atoms with Gasteiger partial charge in [-0.2, -0.15) is 0 Å². The molecule has 0 spiro atoms. The van der Waals surface area contributed by atoms with E-state index in [0.717, 1.165) is 17.0 Å². The van der Waals surface area contributed by atoms with E-state index in [1.54, 1.807) is 0 Å². The summed E-state index contributed by atoms with van der Waals surface area (Å²) in [6, 6.07) is 7.74. The van der Waals surface area contributed by atoms with E-state index in [1.165, 1.54) is 5.56 Å². The van der Waals surface area contributed by atoms with Crippen LogP contribution >= 0.6 is 0 Å². The molecule has 0 saturated carbocycles. The SMILES string of the molecule is Cc1noc(C)c1CNC(=O)c1ccc(C(C)(C)C)cc1. The summed E-state index contributed by atoms with van der Waals surface area (Å²) in [5, 5.41) is 6.78. The molecule has 4 heteroatoms. The first-order chi connectivity index (χ1) is 9.79. The van der Waals surface area contributed by atoms with Crippen molar-refractivity contribution in [3.8, 4) is 0 Å². The van der Waals surface area contributed by atoms with Crippen LogP contribution in [0.2, 0.25) is 0 Å². The van der Waals surface area contributed by atoms with Gasteiger partial charge < -0.3 is 9.84 Å². The molecule has 0 unspecified atom stereocenters. The first-order valence-electron chi connectivity index (χ1n) is 7.09. The third-order valence-corrected chi connectivity index (χ3v) is 3.62. The van der Waals surface area contributed by atoms with Crippen LogP contribution in [0.15, 0.2) is 28.8 Å². The van der Waals surface area contributed by atoms with E-state index in [4.69, 9.17) is 4.52 Å². The summed E-state index contributed by atoms with van der Waals surface area (Å²) in [5.41, 5.74) is 3.72. The van der Waals surface area contributed by atoms with E-state index in [0.29, 0.717) is 12.1 Å². The normalized spacial score (nSPS) is 11.5. The molecule has 0 radical (unpaired) electrons. The van der Waals surface area contributed by atoms with Crippen molar-refractivity contribution < 1.29 is 9.32 Å². The van der Waals surface area contributed by atoms with Crippen LogP contribution in [0.25, 0.3) is 0 Å². The van der Waals surface area contributed by atoms with Gasteiger partial charge in [-0.25, -0.2) is 0 Å². The number of rotatable bonds is 3. The van der Waals surface area contributed by atoms with Gasteiger partial charge in [-0.1, -0.05) is 38.1 Å². The van der Waals surface area contributed by atoms with Crippen LogP contribution in [-0.4, -0.2) is 11.1 Å². The Labute approximate surface area is 125 Å². The number of hydrogen-bond donors (Lipinski definition) is 1. The maximum absolute atomic E-state index is 12.2. The van der Waals surface area contributed by atoms with Crippen LogP contribution in [0, 0.1) is 13.8 Å². The van der Waals surface area contributed by atoms with E-state index in [9.17, 15) is 4.79 Å². The summed E-state index contributed by atoms with van der Waals surface area (Å²) in [6.45, 7) is 10.6. The minimum atomic E-state index is -0.0875. The number of amides is 1. The molecule has 0 bridgehead atoms. The molecule has 112 valence electrons. The summed E-state index contributed by atoms with van der Waals surface area (Å²) in [4.78, 5) is 12.2. The van der Waals surface area contributed by atoms with Crippen LogP contribution in [0.3, 0.4) is 0 Å². The van der Waals surface area contributed by atoms with Gasteiger partial charge in [0.1, 0.15) is 5.76 Å². The van der Waals surface area contributed by atoms with Crippen LogP contribution in [0.4, 0.5) is 0 Å².